The molecule has 0 aliphatic carbocycles. The Morgan fingerprint density at radius 2 is 2.04 bits per heavy atom. The molecule has 0 radical (unpaired) electrons. The molecule has 2 amide bonds. The zero-order chi connectivity index (χ0) is 19.1. The number of benzene rings is 1. The lowest BCUT2D eigenvalue weighted by Crippen LogP contribution is -2.41. The second-order valence-corrected chi connectivity index (χ2v) is 8.02. The van der Waals surface area contributed by atoms with E-state index >= 15 is 0 Å². The Kier molecular flexibility index (Phi) is 4.68. The first-order chi connectivity index (χ1) is 12.9. The number of nitrogens with one attached hydrogen (secondary N) is 1. The average Bonchev–Trinajstić information content (AvgIpc) is 3.25. The Bertz CT molecular complexity index is 875. The lowest BCUT2D eigenvalue weighted by molar-refractivity contribution is -0.136. The summed E-state index contributed by atoms with van der Waals surface area (Å²) in [6.45, 7) is 5.67. The molecule has 2 aliphatic heterocycles. The molecule has 0 spiro atoms. The molecule has 7 heteroatoms. The zero-order valence-corrected chi connectivity index (χ0v) is 16.3. The highest BCUT2D eigenvalue weighted by atomic mass is 35.5. The minimum atomic E-state index is -0.243. The summed E-state index contributed by atoms with van der Waals surface area (Å²) < 4.78 is 0. The molecule has 1 unspecified atom stereocenters. The molecule has 3 heterocycles. The van der Waals surface area contributed by atoms with Crippen LogP contribution in [0.1, 0.15) is 31.5 Å². The highest BCUT2D eigenvalue weighted by Gasteiger charge is 2.38. The molecule has 0 saturated carbocycles. The maximum Gasteiger partial charge on any atom is 0.228 e. The molecule has 142 valence electrons. The van der Waals surface area contributed by atoms with Crippen molar-refractivity contribution in [3.63, 3.8) is 0 Å². The van der Waals surface area contributed by atoms with E-state index in [1.54, 1.807) is 4.90 Å². The third kappa shape index (κ3) is 3.34. The number of amides is 2. The third-order valence-corrected chi connectivity index (χ3v) is 5.75. The molecular weight excluding hydrogens is 364 g/mol. The van der Waals surface area contributed by atoms with Gasteiger partial charge in [0.1, 0.15) is 0 Å². The fraction of sp³-hybridized carbons (Fsp3) is 0.450. The van der Waals surface area contributed by atoms with Crippen LogP contribution in [0, 0.1) is 5.92 Å². The normalized spacial score (nSPS) is 19.7. The number of likely N-dealkylation sites (tertiary alicyclic amines) is 1. The van der Waals surface area contributed by atoms with E-state index in [0.717, 1.165) is 28.9 Å². The van der Waals surface area contributed by atoms with Crippen LogP contribution in [0.3, 0.4) is 0 Å². The summed E-state index contributed by atoms with van der Waals surface area (Å²) in [5.74, 6) is -0.0982. The number of carbonyl (C=O) groups excluding carboxylic acids is 2. The fourth-order valence-corrected chi connectivity index (χ4v) is 4.11. The second-order valence-electron chi connectivity index (χ2n) is 7.59. The summed E-state index contributed by atoms with van der Waals surface area (Å²) in [6.07, 6.45) is 1.06. The van der Waals surface area contributed by atoms with Crippen molar-refractivity contribution in [2.24, 2.45) is 5.92 Å². The van der Waals surface area contributed by atoms with Crippen molar-refractivity contribution in [3.8, 4) is 11.3 Å². The largest absolute Gasteiger partial charge is 0.339 e. The number of carbonyl (C=O) groups is 2. The van der Waals surface area contributed by atoms with E-state index in [1.165, 1.54) is 0 Å². The molecule has 27 heavy (non-hydrogen) atoms. The Hall–Kier alpha value is -2.34. The maximum atomic E-state index is 13.0. The lowest BCUT2D eigenvalue weighted by atomic mass is 9.99. The van der Waals surface area contributed by atoms with E-state index in [0.29, 0.717) is 31.1 Å². The summed E-state index contributed by atoms with van der Waals surface area (Å²) in [7, 11) is 0. The Labute approximate surface area is 163 Å². The summed E-state index contributed by atoms with van der Waals surface area (Å²) in [5, 5.41) is 8.26. The van der Waals surface area contributed by atoms with Crippen molar-refractivity contribution in [3.05, 3.63) is 40.5 Å². The Morgan fingerprint density at radius 3 is 2.70 bits per heavy atom. The van der Waals surface area contributed by atoms with Crippen molar-refractivity contribution in [2.75, 3.05) is 13.1 Å². The SMILES string of the molecule is CC(C)N1CC(C(=O)N2CCc3[nH]nc(-c4ccc(Cl)cc4)c3C2)CC1=O. The number of halogens is 1. The molecule has 2 aromatic rings. The van der Waals surface area contributed by atoms with Gasteiger partial charge in [0.25, 0.3) is 0 Å². The standard InChI is InChI=1S/C20H23ClN4O2/c1-12(2)25-10-14(9-18(25)26)20(27)24-8-7-17-16(11-24)19(23-22-17)13-3-5-15(21)6-4-13/h3-6,12,14H,7-11H2,1-2H3,(H,22,23). The molecule has 1 saturated heterocycles. The van der Waals surface area contributed by atoms with Gasteiger partial charge in [-0.05, 0) is 26.0 Å². The van der Waals surface area contributed by atoms with E-state index in [1.807, 2.05) is 43.0 Å². The van der Waals surface area contributed by atoms with Crippen LogP contribution >= 0.6 is 11.6 Å². The number of aromatic nitrogens is 2. The molecule has 4 rings (SSSR count). The van der Waals surface area contributed by atoms with Crippen LogP contribution in [0.2, 0.25) is 5.02 Å². The molecule has 1 N–H and O–H groups in total. The van der Waals surface area contributed by atoms with E-state index < -0.39 is 0 Å². The van der Waals surface area contributed by atoms with Crippen molar-refractivity contribution in [1.29, 1.82) is 0 Å². The summed E-state index contributed by atoms with van der Waals surface area (Å²) in [4.78, 5) is 28.9. The first kappa shape index (κ1) is 18.0. The highest BCUT2D eigenvalue weighted by Crippen LogP contribution is 2.31. The third-order valence-electron chi connectivity index (χ3n) is 5.49. The number of rotatable bonds is 3. The fourth-order valence-electron chi connectivity index (χ4n) is 3.98. The number of hydrogen-bond donors (Lipinski definition) is 1. The van der Waals surface area contributed by atoms with Gasteiger partial charge in [-0.2, -0.15) is 5.10 Å². The second kappa shape index (κ2) is 7.00. The number of fused-ring (bicyclic) bond motifs is 1. The molecule has 1 aromatic carbocycles. The molecule has 6 nitrogen and oxygen atoms in total. The van der Waals surface area contributed by atoms with Crippen LogP contribution < -0.4 is 0 Å². The maximum absolute atomic E-state index is 13.0. The van der Waals surface area contributed by atoms with Crippen LogP contribution in [-0.4, -0.2) is 50.9 Å². The van der Waals surface area contributed by atoms with Crippen LogP contribution in [-0.2, 0) is 22.6 Å². The average molecular weight is 387 g/mol. The Balaban J connectivity index is 1.53. The zero-order valence-electron chi connectivity index (χ0n) is 15.5. The Morgan fingerprint density at radius 1 is 1.30 bits per heavy atom. The van der Waals surface area contributed by atoms with Gasteiger partial charge in [0.15, 0.2) is 0 Å². The molecule has 2 aliphatic rings. The van der Waals surface area contributed by atoms with E-state index in [2.05, 4.69) is 10.2 Å². The minimum Gasteiger partial charge on any atom is -0.339 e. The number of nitrogens with zero attached hydrogens (tertiary/aromatic N) is 3. The minimum absolute atomic E-state index is 0.0698. The van der Waals surface area contributed by atoms with Crippen molar-refractivity contribution >= 4 is 23.4 Å². The van der Waals surface area contributed by atoms with E-state index in [9.17, 15) is 9.59 Å². The summed E-state index contributed by atoms with van der Waals surface area (Å²) in [5.41, 5.74) is 3.98. The van der Waals surface area contributed by atoms with Gasteiger partial charge < -0.3 is 9.80 Å². The lowest BCUT2D eigenvalue weighted by Gasteiger charge is -2.29. The monoisotopic (exact) mass is 386 g/mol. The van der Waals surface area contributed by atoms with Gasteiger partial charge in [-0.1, -0.05) is 23.7 Å². The van der Waals surface area contributed by atoms with Gasteiger partial charge >= 0.3 is 0 Å². The van der Waals surface area contributed by atoms with E-state index in [-0.39, 0.29) is 23.8 Å². The van der Waals surface area contributed by atoms with Crippen molar-refractivity contribution in [1.82, 2.24) is 20.0 Å². The van der Waals surface area contributed by atoms with Crippen LogP contribution in [0.5, 0.6) is 0 Å². The van der Waals surface area contributed by atoms with Crippen LogP contribution in [0.4, 0.5) is 0 Å². The van der Waals surface area contributed by atoms with E-state index in [4.69, 9.17) is 11.6 Å². The number of aromatic amines is 1. The predicted octanol–water partition coefficient (Wildman–Crippen LogP) is 2.87. The predicted molar refractivity (Wildman–Crippen MR) is 103 cm³/mol. The quantitative estimate of drug-likeness (QED) is 0.881. The summed E-state index contributed by atoms with van der Waals surface area (Å²) in [6, 6.07) is 7.70. The van der Waals surface area contributed by atoms with Crippen LogP contribution in [0.15, 0.2) is 24.3 Å². The van der Waals surface area contributed by atoms with Gasteiger partial charge in [0.2, 0.25) is 11.8 Å². The van der Waals surface area contributed by atoms with Gasteiger partial charge in [-0.25, -0.2) is 0 Å². The van der Waals surface area contributed by atoms with Crippen LogP contribution in [0.25, 0.3) is 11.3 Å². The van der Waals surface area contributed by atoms with Gasteiger partial charge in [-0.3, -0.25) is 14.7 Å². The molecule has 1 atom stereocenters. The number of H-pyrrole nitrogens is 1. The molecule has 1 aromatic heterocycles. The van der Waals surface area contributed by atoms with Crippen molar-refractivity contribution < 1.29 is 9.59 Å². The van der Waals surface area contributed by atoms with Crippen molar-refractivity contribution in [2.45, 2.75) is 39.3 Å². The summed E-state index contributed by atoms with van der Waals surface area (Å²) >= 11 is 5.99. The van der Waals surface area contributed by atoms with Gasteiger partial charge in [0.05, 0.1) is 11.6 Å². The first-order valence-corrected chi connectivity index (χ1v) is 9.72. The van der Waals surface area contributed by atoms with Gasteiger partial charge in [-0.15, -0.1) is 0 Å². The smallest absolute Gasteiger partial charge is 0.228 e. The molecule has 1 fully saturated rings. The number of hydrogen-bond acceptors (Lipinski definition) is 3. The molecule has 0 bridgehead atoms. The first-order valence-electron chi connectivity index (χ1n) is 9.34. The van der Waals surface area contributed by atoms with Gasteiger partial charge in [0, 0.05) is 60.4 Å². The topological polar surface area (TPSA) is 69.3 Å². The molecular formula is C20H23ClN4O2. The highest BCUT2D eigenvalue weighted by molar-refractivity contribution is 6.30.